The summed E-state index contributed by atoms with van der Waals surface area (Å²) in [4.78, 5) is 12.0. The van der Waals surface area contributed by atoms with Crippen molar-refractivity contribution in [3.05, 3.63) is 65.7 Å². The number of hydrogen-bond donors (Lipinski definition) is 1. The van der Waals surface area contributed by atoms with Crippen molar-refractivity contribution in [2.75, 3.05) is 18.4 Å². The van der Waals surface area contributed by atoms with Gasteiger partial charge in [0.25, 0.3) is 10.0 Å². The lowest BCUT2D eigenvalue weighted by molar-refractivity contribution is 0.468. The molecule has 2 atom stereocenters. The van der Waals surface area contributed by atoms with Gasteiger partial charge in [-0.2, -0.15) is 4.31 Å². The summed E-state index contributed by atoms with van der Waals surface area (Å²) in [6, 6.07) is 7.33. The maximum atomic E-state index is 13.4. The van der Waals surface area contributed by atoms with Crippen molar-refractivity contribution in [3.63, 3.8) is 0 Å². The van der Waals surface area contributed by atoms with Crippen LogP contribution < -0.4 is 5.32 Å². The third-order valence-corrected chi connectivity index (χ3v) is 6.76. The summed E-state index contributed by atoms with van der Waals surface area (Å²) in [6.07, 6.45) is 4.24. The Kier molecular flexibility index (Phi) is 5.24. The fourth-order valence-electron chi connectivity index (χ4n) is 3.41. The lowest BCUT2D eigenvalue weighted by atomic mass is 9.94. The third kappa shape index (κ3) is 4.09. The van der Waals surface area contributed by atoms with E-state index in [0.29, 0.717) is 5.82 Å². The number of aromatic nitrogens is 4. The van der Waals surface area contributed by atoms with Crippen molar-refractivity contribution < 1.29 is 12.8 Å². The van der Waals surface area contributed by atoms with Crippen molar-refractivity contribution in [1.82, 2.24) is 23.8 Å². The Hall–Kier alpha value is -2.56. The molecule has 0 bridgehead atoms. The second-order valence-corrected chi connectivity index (χ2v) is 9.11. The highest BCUT2D eigenvalue weighted by Gasteiger charge is 2.41. The second-order valence-electron chi connectivity index (χ2n) is 6.83. The van der Waals surface area contributed by atoms with Gasteiger partial charge < -0.3 is 9.88 Å². The second kappa shape index (κ2) is 7.69. The van der Waals surface area contributed by atoms with E-state index in [1.165, 1.54) is 35.3 Å². The largest absolute Gasteiger partial charge is 0.365 e. The van der Waals surface area contributed by atoms with Gasteiger partial charge in [-0.25, -0.2) is 27.8 Å². The first-order valence-electron chi connectivity index (χ1n) is 8.80. The minimum atomic E-state index is -3.77. The molecule has 152 valence electrons. The quantitative estimate of drug-likeness (QED) is 0.617. The van der Waals surface area contributed by atoms with E-state index < -0.39 is 10.0 Å². The Labute approximate surface area is 172 Å². The molecule has 0 aliphatic carbocycles. The number of rotatable bonds is 5. The Morgan fingerprint density at radius 3 is 2.59 bits per heavy atom. The zero-order chi connectivity index (χ0) is 20.6. The molecule has 1 aromatic carbocycles. The van der Waals surface area contributed by atoms with Gasteiger partial charge in [-0.15, -0.1) is 0 Å². The van der Waals surface area contributed by atoms with Crippen molar-refractivity contribution in [2.24, 2.45) is 7.05 Å². The monoisotopic (exact) mass is 436 g/mol. The van der Waals surface area contributed by atoms with Gasteiger partial charge in [0, 0.05) is 44.4 Å². The predicted molar refractivity (Wildman–Crippen MR) is 106 cm³/mol. The van der Waals surface area contributed by atoms with Crippen LogP contribution in [0.2, 0.25) is 5.15 Å². The lowest BCUT2D eigenvalue weighted by Gasteiger charge is -2.20. The molecule has 1 fully saturated rings. The zero-order valence-electron chi connectivity index (χ0n) is 15.4. The molecule has 1 aliphatic rings. The highest BCUT2D eigenvalue weighted by molar-refractivity contribution is 7.89. The van der Waals surface area contributed by atoms with E-state index in [4.69, 9.17) is 11.6 Å². The van der Waals surface area contributed by atoms with Crippen LogP contribution in [0.4, 0.5) is 10.2 Å². The average molecular weight is 437 g/mol. The van der Waals surface area contributed by atoms with Crippen LogP contribution in [0.15, 0.2) is 54.2 Å². The molecule has 3 heterocycles. The van der Waals surface area contributed by atoms with Crippen LogP contribution in [0.5, 0.6) is 0 Å². The molecule has 0 amide bonds. The van der Waals surface area contributed by atoms with Crippen LogP contribution in [-0.4, -0.2) is 51.4 Å². The first kappa shape index (κ1) is 19.7. The van der Waals surface area contributed by atoms with Gasteiger partial charge in [-0.3, -0.25) is 0 Å². The molecule has 2 aromatic heterocycles. The maximum absolute atomic E-state index is 13.4. The molecular formula is C18H18ClFN6O2S. The molecule has 11 heteroatoms. The number of aryl methyl sites for hydroxylation is 1. The number of benzene rings is 1. The highest BCUT2D eigenvalue weighted by atomic mass is 35.5. The van der Waals surface area contributed by atoms with Crippen molar-refractivity contribution in [3.8, 4) is 0 Å². The molecule has 1 N–H and O–H groups in total. The SMILES string of the molecule is Cn1cnc(S(=O)(=O)N2C[C@H](Nc3cc(Cl)ncn3)[C@@H](c3ccc(F)cc3)C2)c1. The van der Waals surface area contributed by atoms with E-state index in [-0.39, 0.29) is 41.0 Å². The van der Waals surface area contributed by atoms with Gasteiger partial charge in [0.15, 0.2) is 5.03 Å². The molecule has 3 aromatic rings. The molecule has 0 spiro atoms. The zero-order valence-corrected chi connectivity index (χ0v) is 17.0. The van der Waals surface area contributed by atoms with Gasteiger partial charge in [0.2, 0.25) is 0 Å². The van der Waals surface area contributed by atoms with Crippen LogP contribution in [0.25, 0.3) is 0 Å². The Bertz CT molecular complexity index is 1120. The van der Waals surface area contributed by atoms with Crippen LogP contribution in [0.1, 0.15) is 11.5 Å². The van der Waals surface area contributed by atoms with Crippen LogP contribution in [0.3, 0.4) is 0 Å². The van der Waals surface area contributed by atoms with E-state index in [0.717, 1.165) is 5.56 Å². The summed E-state index contributed by atoms with van der Waals surface area (Å²) in [6.45, 7) is 0.420. The standard InChI is InChI=1S/C18H18ClFN6O2S/c1-25-9-18(23-11-25)29(27,28)26-7-14(12-2-4-13(20)5-3-12)15(8-26)24-17-6-16(19)21-10-22-17/h2-6,9-11,14-15H,7-8H2,1H3,(H,21,22,24)/t14-,15+/m1/s1. The highest BCUT2D eigenvalue weighted by Crippen LogP contribution is 2.33. The maximum Gasteiger partial charge on any atom is 0.262 e. The van der Waals surface area contributed by atoms with E-state index >= 15 is 0 Å². The molecule has 0 unspecified atom stereocenters. The fraction of sp³-hybridized carbons (Fsp3) is 0.278. The Morgan fingerprint density at radius 1 is 1.17 bits per heavy atom. The topological polar surface area (TPSA) is 93.0 Å². The third-order valence-electron chi connectivity index (χ3n) is 4.84. The summed E-state index contributed by atoms with van der Waals surface area (Å²) >= 11 is 5.94. The molecule has 1 aliphatic heterocycles. The minimum absolute atomic E-state index is 0.0106. The smallest absolute Gasteiger partial charge is 0.262 e. The number of sulfonamides is 1. The van der Waals surface area contributed by atoms with Gasteiger partial charge in [-0.05, 0) is 17.7 Å². The molecule has 0 radical (unpaired) electrons. The summed E-state index contributed by atoms with van der Waals surface area (Å²) in [5, 5.41) is 3.51. The van der Waals surface area contributed by atoms with Crippen molar-refractivity contribution >= 4 is 27.4 Å². The molecule has 4 rings (SSSR count). The normalized spacial score (nSPS) is 20.1. The predicted octanol–water partition coefficient (Wildman–Crippen LogP) is 2.27. The summed E-state index contributed by atoms with van der Waals surface area (Å²) < 4.78 is 42.4. The first-order chi connectivity index (χ1) is 13.8. The molecule has 1 saturated heterocycles. The van der Waals surface area contributed by atoms with Gasteiger partial charge >= 0.3 is 0 Å². The average Bonchev–Trinajstić information content (AvgIpc) is 3.30. The molecule has 0 saturated carbocycles. The number of hydrogen-bond acceptors (Lipinski definition) is 6. The van der Waals surface area contributed by atoms with E-state index in [9.17, 15) is 12.8 Å². The fourth-order valence-corrected chi connectivity index (χ4v) is 5.02. The van der Waals surface area contributed by atoms with Crippen molar-refractivity contribution in [2.45, 2.75) is 17.0 Å². The van der Waals surface area contributed by atoms with Crippen LogP contribution in [-0.2, 0) is 17.1 Å². The molecular weight excluding hydrogens is 419 g/mol. The van der Waals surface area contributed by atoms with E-state index in [1.807, 2.05) is 0 Å². The number of nitrogens with zero attached hydrogens (tertiary/aromatic N) is 5. The first-order valence-corrected chi connectivity index (χ1v) is 10.6. The summed E-state index contributed by atoms with van der Waals surface area (Å²) in [7, 11) is -2.06. The minimum Gasteiger partial charge on any atom is -0.365 e. The number of anilines is 1. The van der Waals surface area contributed by atoms with Gasteiger partial charge in [-0.1, -0.05) is 23.7 Å². The number of halogens is 2. The summed E-state index contributed by atoms with van der Waals surface area (Å²) in [5.41, 5.74) is 0.822. The molecule has 8 nitrogen and oxygen atoms in total. The van der Waals surface area contributed by atoms with Crippen LogP contribution in [0, 0.1) is 5.82 Å². The number of nitrogens with one attached hydrogen (secondary N) is 1. The Morgan fingerprint density at radius 2 is 1.93 bits per heavy atom. The van der Waals surface area contributed by atoms with E-state index in [1.54, 1.807) is 29.8 Å². The van der Waals surface area contributed by atoms with Gasteiger partial charge in [0.05, 0.1) is 6.33 Å². The van der Waals surface area contributed by atoms with Gasteiger partial charge in [0.1, 0.15) is 23.1 Å². The number of imidazole rings is 1. The lowest BCUT2D eigenvalue weighted by Crippen LogP contribution is -2.32. The van der Waals surface area contributed by atoms with Crippen molar-refractivity contribution in [1.29, 1.82) is 0 Å². The van der Waals surface area contributed by atoms with Crippen LogP contribution >= 0.6 is 11.6 Å². The Balaban J connectivity index is 1.66. The summed E-state index contributed by atoms with van der Waals surface area (Å²) in [5.74, 6) is -0.0844. The van der Waals surface area contributed by atoms with E-state index in [2.05, 4.69) is 20.3 Å². The molecule has 29 heavy (non-hydrogen) atoms.